The Hall–Kier alpha value is -2.27. The molecule has 0 saturated carbocycles. The summed E-state index contributed by atoms with van der Waals surface area (Å²) in [4.78, 5) is 20.5. The molecule has 4 nitrogen and oxygen atoms in total. The highest BCUT2D eigenvalue weighted by atomic mass is 32.1. The minimum atomic E-state index is -0.896. The van der Waals surface area contributed by atoms with Crippen molar-refractivity contribution in [3.8, 4) is 10.4 Å². The van der Waals surface area contributed by atoms with E-state index in [1.165, 1.54) is 11.3 Å². The van der Waals surface area contributed by atoms with Crippen molar-refractivity contribution in [1.82, 2.24) is 9.97 Å². The van der Waals surface area contributed by atoms with Crippen LogP contribution in [0.5, 0.6) is 0 Å². The molecule has 1 N–H and O–H groups in total. The quantitative estimate of drug-likeness (QED) is 0.765. The Bertz CT molecular complexity index is 736. The van der Waals surface area contributed by atoms with Gasteiger partial charge in [-0.2, -0.15) is 0 Å². The van der Waals surface area contributed by atoms with E-state index in [4.69, 9.17) is 5.11 Å². The zero-order valence-electron chi connectivity index (χ0n) is 9.20. The predicted octanol–water partition coefficient (Wildman–Crippen LogP) is 3.06. The first-order chi connectivity index (χ1) is 8.74. The van der Waals surface area contributed by atoms with E-state index in [1.54, 1.807) is 18.5 Å². The molecule has 3 rings (SSSR count). The van der Waals surface area contributed by atoms with E-state index in [-0.39, 0.29) is 0 Å². The van der Waals surface area contributed by atoms with Crippen molar-refractivity contribution < 1.29 is 9.90 Å². The molecule has 0 aliphatic rings. The lowest BCUT2D eigenvalue weighted by Crippen LogP contribution is -1.89. The van der Waals surface area contributed by atoms with Gasteiger partial charge in [0.1, 0.15) is 4.88 Å². The summed E-state index contributed by atoms with van der Waals surface area (Å²) >= 11 is 1.25. The molecule has 0 spiro atoms. The van der Waals surface area contributed by atoms with Crippen molar-refractivity contribution in [3.63, 3.8) is 0 Å². The van der Waals surface area contributed by atoms with E-state index in [2.05, 4.69) is 9.97 Å². The fourth-order valence-electron chi connectivity index (χ4n) is 1.72. The summed E-state index contributed by atoms with van der Waals surface area (Å²) in [5.74, 6) is -0.896. The molecule has 1 aromatic carbocycles. The molecule has 2 aromatic heterocycles. The van der Waals surface area contributed by atoms with Crippen LogP contribution in [0.1, 0.15) is 9.67 Å². The Morgan fingerprint density at radius 1 is 1.06 bits per heavy atom. The summed E-state index contributed by atoms with van der Waals surface area (Å²) in [6.45, 7) is 0. The highest BCUT2D eigenvalue weighted by Crippen LogP contribution is 2.29. The smallest absolute Gasteiger partial charge is 0.345 e. The van der Waals surface area contributed by atoms with Gasteiger partial charge in [0.15, 0.2) is 0 Å². The molecule has 0 aliphatic carbocycles. The number of hydrogen-bond donors (Lipinski definition) is 1. The fourth-order valence-corrected chi connectivity index (χ4v) is 2.57. The number of rotatable bonds is 2. The SMILES string of the molecule is O=C(O)c1ccc(-c2ccc3nccnc3c2)s1. The van der Waals surface area contributed by atoms with Crippen molar-refractivity contribution in [2.75, 3.05) is 0 Å². The van der Waals surface area contributed by atoms with Crippen LogP contribution in [0, 0.1) is 0 Å². The zero-order chi connectivity index (χ0) is 12.5. The number of carbonyl (C=O) groups is 1. The van der Waals surface area contributed by atoms with Crippen LogP contribution in [0.2, 0.25) is 0 Å². The number of benzene rings is 1. The van der Waals surface area contributed by atoms with Gasteiger partial charge in [-0.3, -0.25) is 9.97 Å². The lowest BCUT2D eigenvalue weighted by Gasteiger charge is -1.99. The summed E-state index contributed by atoms with van der Waals surface area (Å²) in [5, 5.41) is 8.90. The average Bonchev–Trinajstić information content (AvgIpc) is 2.88. The van der Waals surface area contributed by atoms with Gasteiger partial charge in [0.25, 0.3) is 0 Å². The number of aromatic carboxylic acids is 1. The van der Waals surface area contributed by atoms with E-state index in [0.717, 1.165) is 21.5 Å². The molecule has 0 fully saturated rings. The second-order valence-electron chi connectivity index (χ2n) is 3.73. The third kappa shape index (κ3) is 1.84. The number of aromatic nitrogens is 2. The average molecular weight is 256 g/mol. The summed E-state index contributed by atoms with van der Waals surface area (Å²) in [6.07, 6.45) is 3.29. The maximum Gasteiger partial charge on any atom is 0.345 e. The number of nitrogens with zero attached hydrogens (tertiary/aromatic N) is 2. The summed E-state index contributed by atoms with van der Waals surface area (Å²) < 4.78 is 0. The Labute approximate surface area is 107 Å². The van der Waals surface area contributed by atoms with Gasteiger partial charge < -0.3 is 5.11 Å². The van der Waals surface area contributed by atoms with Gasteiger partial charge in [-0.1, -0.05) is 6.07 Å². The van der Waals surface area contributed by atoms with Crippen LogP contribution in [0.25, 0.3) is 21.5 Å². The van der Waals surface area contributed by atoms with E-state index in [1.807, 2.05) is 24.3 Å². The van der Waals surface area contributed by atoms with Crippen molar-refractivity contribution in [3.05, 3.63) is 47.6 Å². The highest BCUT2D eigenvalue weighted by molar-refractivity contribution is 7.17. The van der Waals surface area contributed by atoms with Crippen LogP contribution in [0.4, 0.5) is 0 Å². The van der Waals surface area contributed by atoms with Crippen molar-refractivity contribution in [2.24, 2.45) is 0 Å². The first kappa shape index (κ1) is 10.9. The molecule has 2 heterocycles. The Morgan fingerprint density at radius 3 is 2.56 bits per heavy atom. The highest BCUT2D eigenvalue weighted by Gasteiger charge is 2.09. The molecular weight excluding hydrogens is 248 g/mol. The number of carboxylic acid groups (broad SMARTS) is 1. The predicted molar refractivity (Wildman–Crippen MR) is 69.8 cm³/mol. The molecule has 0 amide bonds. The number of fused-ring (bicyclic) bond motifs is 1. The van der Waals surface area contributed by atoms with Crippen LogP contribution in [0.15, 0.2) is 42.7 Å². The summed E-state index contributed by atoms with van der Waals surface area (Å²) in [7, 11) is 0. The third-order valence-corrected chi connectivity index (χ3v) is 3.69. The second-order valence-corrected chi connectivity index (χ2v) is 4.81. The van der Waals surface area contributed by atoms with Crippen LogP contribution in [-0.4, -0.2) is 21.0 Å². The van der Waals surface area contributed by atoms with E-state index >= 15 is 0 Å². The van der Waals surface area contributed by atoms with E-state index < -0.39 is 5.97 Å². The molecule has 0 aliphatic heterocycles. The summed E-state index contributed by atoms with van der Waals surface area (Å²) in [5.41, 5.74) is 2.59. The van der Waals surface area contributed by atoms with Crippen molar-refractivity contribution >= 4 is 28.3 Å². The number of thiophene rings is 1. The maximum atomic E-state index is 10.8. The molecule has 0 saturated heterocycles. The molecule has 0 radical (unpaired) electrons. The standard InChI is InChI=1S/C13H8N2O2S/c16-13(17)12-4-3-11(18-12)8-1-2-9-10(7-8)15-6-5-14-9/h1-7H,(H,16,17). The molecule has 0 atom stereocenters. The minimum absolute atomic E-state index is 0.337. The molecule has 18 heavy (non-hydrogen) atoms. The Kier molecular flexibility index (Phi) is 2.53. The van der Waals surface area contributed by atoms with Crippen LogP contribution in [0.3, 0.4) is 0 Å². The minimum Gasteiger partial charge on any atom is -0.477 e. The topological polar surface area (TPSA) is 63.1 Å². The molecule has 3 aromatic rings. The van der Waals surface area contributed by atoms with Gasteiger partial charge in [-0.05, 0) is 29.8 Å². The molecular formula is C13H8N2O2S. The molecule has 5 heteroatoms. The van der Waals surface area contributed by atoms with Gasteiger partial charge in [-0.15, -0.1) is 11.3 Å². The van der Waals surface area contributed by atoms with Crippen molar-refractivity contribution in [1.29, 1.82) is 0 Å². The van der Waals surface area contributed by atoms with Crippen molar-refractivity contribution in [2.45, 2.75) is 0 Å². The first-order valence-electron chi connectivity index (χ1n) is 5.28. The molecule has 88 valence electrons. The van der Waals surface area contributed by atoms with E-state index in [0.29, 0.717) is 4.88 Å². The van der Waals surface area contributed by atoms with Gasteiger partial charge in [-0.25, -0.2) is 4.79 Å². The lowest BCUT2D eigenvalue weighted by atomic mass is 10.1. The number of carboxylic acids is 1. The summed E-state index contributed by atoms with van der Waals surface area (Å²) in [6, 6.07) is 9.15. The third-order valence-electron chi connectivity index (χ3n) is 2.57. The fraction of sp³-hybridized carbons (Fsp3) is 0. The maximum absolute atomic E-state index is 10.8. The van der Waals surface area contributed by atoms with Gasteiger partial charge >= 0.3 is 5.97 Å². The van der Waals surface area contributed by atoms with Gasteiger partial charge in [0, 0.05) is 17.3 Å². The van der Waals surface area contributed by atoms with Crippen LogP contribution >= 0.6 is 11.3 Å². The number of hydrogen-bond acceptors (Lipinski definition) is 4. The van der Waals surface area contributed by atoms with E-state index in [9.17, 15) is 4.79 Å². The monoisotopic (exact) mass is 256 g/mol. The second kappa shape index (κ2) is 4.19. The first-order valence-corrected chi connectivity index (χ1v) is 6.10. The van der Waals surface area contributed by atoms with Crippen LogP contribution < -0.4 is 0 Å². The Morgan fingerprint density at radius 2 is 1.83 bits per heavy atom. The largest absolute Gasteiger partial charge is 0.477 e. The molecule has 0 bridgehead atoms. The Balaban J connectivity index is 2.10. The lowest BCUT2D eigenvalue weighted by molar-refractivity contribution is 0.0702. The van der Waals surface area contributed by atoms with Crippen LogP contribution in [-0.2, 0) is 0 Å². The normalized spacial score (nSPS) is 10.7. The zero-order valence-corrected chi connectivity index (χ0v) is 10.0. The van der Waals surface area contributed by atoms with Gasteiger partial charge in [0.2, 0.25) is 0 Å². The van der Waals surface area contributed by atoms with Gasteiger partial charge in [0.05, 0.1) is 11.0 Å². The molecule has 0 unspecified atom stereocenters.